The van der Waals surface area contributed by atoms with E-state index in [-0.39, 0.29) is 5.91 Å². The summed E-state index contributed by atoms with van der Waals surface area (Å²) in [5.74, 6) is 0.899. The van der Waals surface area contributed by atoms with Gasteiger partial charge in [0.1, 0.15) is 11.5 Å². The summed E-state index contributed by atoms with van der Waals surface area (Å²) in [4.78, 5) is 12.3. The maximum absolute atomic E-state index is 12.3. The monoisotopic (exact) mass is 350 g/mol. The van der Waals surface area contributed by atoms with Crippen LogP contribution < -0.4 is 20.5 Å². The highest BCUT2D eigenvalue weighted by atomic mass is 79.9. The van der Waals surface area contributed by atoms with Gasteiger partial charge in [0.25, 0.3) is 5.91 Å². The van der Waals surface area contributed by atoms with Gasteiger partial charge < -0.3 is 20.5 Å². The minimum absolute atomic E-state index is 0.277. The molecule has 0 atom stereocenters. The molecule has 3 N–H and O–H groups in total. The van der Waals surface area contributed by atoms with Crippen molar-refractivity contribution in [2.45, 2.75) is 0 Å². The van der Waals surface area contributed by atoms with Crippen molar-refractivity contribution in [2.75, 3.05) is 25.3 Å². The highest BCUT2D eigenvalue weighted by Gasteiger charge is 2.12. The quantitative estimate of drug-likeness (QED) is 0.829. The zero-order valence-electron chi connectivity index (χ0n) is 11.6. The van der Waals surface area contributed by atoms with Gasteiger partial charge in [-0.25, -0.2) is 0 Å². The topological polar surface area (TPSA) is 73.6 Å². The lowest BCUT2D eigenvalue weighted by Gasteiger charge is -2.12. The summed E-state index contributed by atoms with van der Waals surface area (Å²) in [6.07, 6.45) is 0. The summed E-state index contributed by atoms with van der Waals surface area (Å²) >= 11 is 3.29. The maximum atomic E-state index is 12.3. The number of amides is 1. The van der Waals surface area contributed by atoms with E-state index < -0.39 is 0 Å². The van der Waals surface area contributed by atoms with Crippen molar-refractivity contribution in [3.8, 4) is 11.5 Å². The van der Waals surface area contributed by atoms with Gasteiger partial charge >= 0.3 is 0 Å². The highest BCUT2D eigenvalue weighted by Crippen LogP contribution is 2.29. The van der Waals surface area contributed by atoms with Crippen molar-refractivity contribution in [3.05, 3.63) is 46.4 Å². The Hall–Kier alpha value is -2.21. The molecular weight excluding hydrogens is 336 g/mol. The van der Waals surface area contributed by atoms with Crippen LogP contribution in [0.4, 0.5) is 11.4 Å². The van der Waals surface area contributed by atoms with E-state index in [9.17, 15) is 4.79 Å². The molecule has 0 heterocycles. The molecule has 5 nitrogen and oxygen atoms in total. The molecular formula is C15H15BrN2O3. The number of carbonyl (C=O) groups is 1. The molecule has 2 aromatic rings. The third-order valence-corrected chi connectivity index (χ3v) is 3.64. The largest absolute Gasteiger partial charge is 0.497 e. The minimum Gasteiger partial charge on any atom is -0.497 e. The van der Waals surface area contributed by atoms with Gasteiger partial charge in [-0.3, -0.25) is 4.79 Å². The van der Waals surface area contributed by atoms with Crippen molar-refractivity contribution in [1.82, 2.24) is 0 Å². The molecule has 21 heavy (non-hydrogen) atoms. The third kappa shape index (κ3) is 3.46. The highest BCUT2D eigenvalue weighted by molar-refractivity contribution is 9.10. The van der Waals surface area contributed by atoms with Crippen LogP contribution in [0.25, 0.3) is 0 Å². The standard InChI is InChI=1S/C15H15BrN2O3/c1-20-10-4-6-14(21-2)13(8-10)18-15(19)9-3-5-11(16)12(17)7-9/h3-8H,17H2,1-2H3,(H,18,19). The fraction of sp³-hybridized carbons (Fsp3) is 0.133. The number of hydrogen-bond donors (Lipinski definition) is 2. The fourth-order valence-electron chi connectivity index (χ4n) is 1.79. The van der Waals surface area contributed by atoms with Crippen LogP contribution in [0.15, 0.2) is 40.9 Å². The first-order valence-electron chi connectivity index (χ1n) is 6.13. The van der Waals surface area contributed by atoms with E-state index in [1.54, 1.807) is 43.5 Å². The Balaban J connectivity index is 2.28. The van der Waals surface area contributed by atoms with Gasteiger partial charge in [0.05, 0.1) is 19.9 Å². The molecule has 0 spiro atoms. The predicted molar refractivity (Wildman–Crippen MR) is 86.1 cm³/mol. The van der Waals surface area contributed by atoms with Crippen molar-refractivity contribution < 1.29 is 14.3 Å². The number of nitrogens with one attached hydrogen (secondary N) is 1. The average Bonchev–Trinajstić information content (AvgIpc) is 2.49. The second-order valence-corrected chi connectivity index (χ2v) is 5.11. The van der Waals surface area contributed by atoms with E-state index in [0.717, 1.165) is 4.47 Å². The molecule has 0 aliphatic rings. The van der Waals surface area contributed by atoms with E-state index in [1.807, 2.05) is 0 Å². The number of nitrogen functional groups attached to an aromatic ring is 1. The van der Waals surface area contributed by atoms with Crippen LogP contribution in [0.2, 0.25) is 0 Å². The van der Waals surface area contributed by atoms with E-state index in [1.165, 1.54) is 7.11 Å². The molecule has 0 fully saturated rings. The third-order valence-electron chi connectivity index (χ3n) is 2.91. The number of carbonyl (C=O) groups excluding carboxylic acids is 1. The fourth-order valence-corrected chi connectivity index (χ4v) is 2.04. The molecule has 110 valence electrons. The number of methoxy groups -OCH3 is 2. The number of rotatable bonds is 4. The van der Waals surface area contributed by atoms with Gasteiger partial charge in [0.15, 0.2) is 0 Å². The number of anilines is 2. The van der Waals surface area contributed by atoms with Crippen LogP contribution in [-0.2, 0) is 0 Å². The number of benzene rings is 2. The second-order valence-electron chi connectivity index (χ2n) is 4.26. The van der Waals surface area contributed by atoms with Gasteiger partial charge in [-0.1, -0.05) is 0 Å². The molecule has 2 rings (SSSR count). The summed E-state index contributed by atoms with van der Waals surface area (Å²) in [7, 11) is 3.10. The van der Waals surface area contributed by atoms with Crippen LogP contribution in [-0.4, -0.2) is 20.1 Å². The number of nitrogens with two attached hydrogens (primary N) is 1. The Morgan fingerprint density at radius 1 is 1.14 bits per heavy atom. The van der Waals surface area contributed by atoms with Crippen LogP contribution in [0.3, 0.4) is 0 Å². The number of ether oxygens (including phenoxy) is 2. The lowest BCUT2D eigenvalue weighted by Crippen LogP contribution is -2.13. The molecule has 0 saturated heterocycles. The van der Waals surface area contributed by atoms with E-state index in [4.69, 9.17) is 15.2 Å². The summed E-state index contributed by atoms with van der Waals surface area (Å²) < 4.78 is 11.1. The summed E-state index contributed by atoms with van der Waals surface area (Å²) in [5, 5.41) is 2.78. The van der Waals surface area contributed by atoms with Gasteiger partial charge in [-0.2, -0.15) is 0 Å². The Kier molecular flexibility index (Phi) is 4.70. The molecule has 1 amide bonds. The minimum atomic E-state index is -0.277. The molecule has 0 saturated carbocycles. The molecule has 0 aliphatic heterocycles. The number of halogens is 1. The lowest BCUT2D eigenvalue weighted by molar-refractivity contribution is 0.102. The van der Waals surface area contributed by atoms with Gasteiger partial charge in [0, 0.05) is 21.8 Å². The Morgan fingerprint density at radius 2 is 1.90 bits per heavy atom. The molecule has 0 aromatic heterocycles. The summed E-state index contributed by atoms with van der Waals surface area (Å²) in [6, 6.07) is 10.2. The van der Waals surface area contributed by atoms with Crippen LogP contribution in [0, 0.1) is 0 Å². The maximum Gasteiger partial charge on any atom is 0.255 e. The number of hydrogen-bond acceptors (Lipinski definition) is 4. The Bertz CT molecular complexity index is 674. The second kappa shape index (κ2) is 6.49. The summed E-state index contributed by atoms with van der Waals surface area (Å²) in [5.41, 5.74) is 7.27. The van der Waals surface area contributed by atoms with Gasteiger partial charge in [0.2, 0.25) is 0 Å². The van der Waals surface area contributed by atoms with Crippen LogP contribution in [0.5, 0.6) is 11.5 Å². The average molecular weight is 351 g/mol. The van der Waals surface area contributed by atoms with Gasteiger partial charge in [-0.15, -0.1) is 0 Å². The molecule has 2 aromatic carbocycles. The molecule has 0 aliphatic carbocycles. The lowest BCUT2D eigenvalue weighted by atomic mass is 10.2. The SMILES string of the molecule is COc1ccc(OC)c(NC(=O)c2ccc(Br)c(N)c2)c1. The van der Waals surface area contributed by atoms with Crippen LogP contribution >= 0.6 is 15.9 Å². The van der Waals surface area contributed by atoms with Crippen molar-refractivity contribution >= 4 is 33.2 Å². The first kappa shape index (κ1) is 15.2. The summed E-state index contributed by atoms with van der Waals surface area (Å²) in [6.45, 7) is 0. The zero-order chi connectivity index (χ0) is 15.4. The normalized spacial score (nSPS) is 10.0. The van der Waals surface area contributed by atoms with Crippen molar-refractivity contribution in [1.29, 1.82) is 0 Å². The Morgan fingerprint density at radius 3 is 2.52 bits per heavy atom. The molecule has 0 unspecified atom stereocenters. The van der Waals surface area contributed by atoms with E-state index in [0.29, 0.717) is 28.4 Å². The molecule has 0 radical (unpaired) electrons. The van der Waals surface area contributed by atoms with Crippen LogP contribution in [0.1, 0.15) is 10.4 Å². The Labute approximate surface area is 131 Å². The van der Waals surface area contributed by atoms with E-state index in [2.05, 4.69) is 21.2 Å². The first-order chi connectivity index (χ1) is 10.0. The smallest absolute Gasteiger partial charge is 0.255 e. The molecule has 0 bridgehead atoms. The van der Waals surface area contributed by atoms with Gasteiger partial charge in [-0.05, 0) is 46.3 Å². The molecule has 6 heteroatoms. The first-order valence-corrected chi connectivity index (χ1v) is 6.93. The van der Waals surface area contributed by atoms with E-state index >= 15 is 0 Å². The predicted octanol–water partition coefficient (Wildman–Crippen LogP) is 3.30. The van der Waals surface area contributed by atoms with Crippen molar-refractivity contribution in [2.24, 2.45) is 0 Å². The zero-order valence-corrected chi connectivity index (χ0v) is 13.2. The van der Waals surface area contributed by atoms with Crippen molar-refractivity contribution in [3.63, 3.8) is 0 Å².